The average Bonchev–Trinajstić information content (AvgIpc) is 2.70. The van der Waals surface area contributed by atoms with E-state index in [2.05, 4.69) is 0 Å². The van der Waals surface area contributed by atoms with Crippen molar-refractivity contribution in [1.29, 1.82) is 0 Å². The summed E-state index contributed by atoms with van der Waals surface area (Å²) < 4.78 is 78.2. The fourth-order valence-corrected chi connectivity index (χ4v) is 2.19. The lowest BCUT2D eigenvalue weighted by Crippen LogP contribution is -2.17. The van der Waals surface area contributed by atoms with Gasteiger partial charge < -0.3 is 19.3 Å². The van der Waals surface area contributed by atoms with Crippen molar-refractivity contribution < 1.29 is 30.3 Å². The first kappa shape index (κ1) is 10.7. The summed E-state index contributed by atoms with van der Waals surface area (Å²) in [4.78, 5) is 0. The summed E-state index contributed by atoms with van der Waals surface area (Å²) in [6.07, 6.45) is -8.15. The molecule has 0 aliphatic heterocycles. The maximum atomic E-state index is 10.4. The monoisotopic (exact) mass is 352 g/mol. The number of rotatable bonds is 10. The molecule has 0 saturated heterocycles. The summed E-state index contributed by atoms with van der Waals surface area (Å²) in [6.45, 7) is 1.19. The van der Waals surface area contributed by atoms with Crippen LogP contribution in [0.1, 0.15) is 41.3 Å². The summed E-state index contributed by atoms with van der Waals surface area (Å²) in [6, 6.07) is 10.8. The minimum absolute atomic E-state index is 0.0443. The van der Waals surface area contributed by atoms with Crippen molar-refractivity contribution in [1.82, 2.24) is 0 Å². The second-order valence-corrected chi connectivity index (χ2v) is 5.37. The molecule has 2 aromatic carbocycles. The van der Waals surface area contributed by atoms with E-state index >= 15 is 0 Å². The molecule has 4 nitrogen and oxygen atoms in total. The summed E-state index contributed by atoms with van der Waals surface area (Å²) in [5, 5.41) is 10.4. The predicted molar refractivity (Wildman–Crippen MR) is 99.8 cm³/mol. The van der Waals surface area contributed by atoms with E-state index in [0.29, 0.717) is 5.75 Å². The third-order valence-electron chi connectivity index (χ3n) is 3.42. The lowest BCUT2D eigenvalue weighted by atomic mass is 10.0. The Labute approximate surface area is 161 Å². The molecule has 1 N–H and O–H groups in total. The highest BCUT2D eigenvalue weighted by Gasteiger charge is 2.07. The van der Waals surface area contributed by atoms with Gasteiger partial charge in [0, 0.05) is 5.48 Å². The number of hydrogen-bond donors (Lipinski definition) is 1. The van der Waals surface area contributed by atoms with Crippen LogP contribution >= 0.6 is 0 Å². The van der Waals surface area contributed by atoms with Crippen LogP contribution in [-0.4, -0.2) is 31.9 Å². The zero-order chi connectivity index (χ0) is 25.1. The van der Waals surface area contributed by atoms with Gasteiger partial charge in [-0.25, -0.2) is 0 Å². The van der Waals surface area contributed by atoms with E-state index in [9.17, 15) is 5.11 Å². The fraction of sp³-hybridized carbons (Fsp3) is 0.429. The lowest BCUT2D eigenvalue weighted by Gasteiger charge is -2.13. The van der Waals surface area contributed by atoms with Crippen LogP contribution in [0.15, 0.2) is 42.5 Å². The largest absolute Gasteiger partial charge is 0.493 e. The van der Waals surface area contributed by atoms with Gasteiger partial charge in [0.05, 0.1) is 25.7 Å². The topological polar surface area (TPSA) is 47.9 Å². The predicted octanol–water partition coefficient (Wildman–Crippen LogP) is 4.16. The van der Waals surface area contributed by atoms with Crippen LogP contribution in [0, 0.1) is 6.92 Å². The molecule has 0 amide bonds. The Hall–Kier alpha value is -2.20. The zero-order valence-electron chi connectivity index (χ0n) is 22.3. The van der Waals surface area contributed by atoms with Gasteiger partial charge in [-0.15, -0.1) is 0 Å². The van der Waals surface area contributed by atoms with E-state index in [-0.39, 0.29) is 17.1 Å². The molecular formula is C21H28O4. The van der Waals surface area contributed by atoms with E-state index in [1.807, 2.05) is 13.0 Å². The van der Waals surface area contributed by atoms with Gasteiger partial charge in [-0.3, -0.25) is 0 Å². The molecule has 0 bridgehead atoms. The molecule has 136 valence electrons. The molecule has 0 heterocycles. The molecule has 0 aliphatic carbocycles. The molecule has 0 aliphatic rings. The molecule has 0 fully saturated rings. The second-order valence-electron chi connectivity index (χ2n) is 5.37. The fourth-order valence-electron chi connectivity index (χ4n) is 2.19. The van der Waals surface area contributed by atoms with Crippen LogP contribution < -0.4 is 14.2 Å². The van der Waals surface area contributed by atoms with Gasteiger partial charge in [0.2, 0.25) is 0 Å². The van der Waals surface area contributed by atoms with Gasteiger partial charge in [0.25, 0.3) is 0 Å². The normalized spacial score (nSPS) is 19.5. The van der Waals surface area contributed by atoms with Crippen LogP contribution in [-0.2, 0) is 6.37 Å². The molecule has 2 rings (SSSR count). The lowest BCUT2D eigenvalue weighted by molar-refractivity contribution is 0.0976. The van der Waals surface area contributed by atoms with E-state index in [4.69, 9.17) is 25.2 Å². The minimum atomic E-state index is -2.77. The third-order valence-corrected chi connectivity index (χ3v) is 3.42. The first-order valence-corrected chi connectivity index (χ1v) is 7.86. The number of methoxy groups -OCH3 is 2. The first-order chi connectivity index (χ1) is 15.1. The summed E-state index contributed by atoms with van der Waals surface area (Å²) in [5.74, 6) is 0.312. The van der Waals surface area contributed by atoms with Crippen LogP contribution in [0.4, 0.5) is 0 Å². The number of hydrogen-bond acceptors (Lipinski definition) is 4. The number of ether oxygens (including phenoxy) is 3. The van der Waals surface area contributed by atoms with E-state index < -0.39 is 45.3 Å². The average molecular weight is 352 g/mol. The Morgan fingerprint density at radius 1 is 1.16 bits per heavy atom. The van der Waals surface area contributed by atoms with Crippen molar-refractivity contribution in [3.8, 4) is 17.2 Å². The Morgan fingerprint density at radius 3 is 2.80 bits per heavy atom. The molecule has 0 aromatic heterocycles. The van der Waals surface area contributed by atoms with Crippen LogP contribution in [0.3, 0.4) is 0 Å². The molecule has 25 heavy (non-hydrogen) atoms. The van der Waals surface area contributed by atoms with E-state index in [1.54, 1.807) is 18.2 Å². The summed E-state index contributed by atoms with van der Waals surface area (Å²) in [7, 11) is -1.45. The molecule has 4 heteroatoms. The van der Waals surface area contributed by atoms with E-state index in [0.717, 1.165) is 5.56 Å². The molecular weight excluding hydrogens is 316 g/mol. The number of benzene rings is 2. The molecule has 0 saturated carbocycles. The van der Waals surface area contributed by atoms with Gasteiger partial charge in [-0.05, 0) is 61.5 Å². The van der Waals surface area contributed by atoms with Gasteiger partial charge >= 0.3 is 0 Å². The quantitative estimate of drug-likeness (QED) is 0.697. The Morgan fingerprint density at radius 2 is 2.04 bits per heavy atom. The van der Waals surface area contributed by atoms with Crippen molar-refractivity contribution in [2.45, 2.75) is 38.6 Å². The Bertz CT molecular complexity index is 944. The highest BCUT2D eigenvalue weighted by atomic mass is 16.5. The third kappa shape index (κ3) is 6.31. The Kier molecular flexibility index (Phi) is 4.26. The molecule has 1 unspecified atom stereocenters. The minimum Gasteiger partial charge on any atom is -0.493 e. The number of aryl methyl sites for hydroxylation is 2. The molecule has 1 atom stereocenters. The van der Waals surface area contributed by atoms with Gasteiger partial charge in [0.15, 0.2) is 11.5 Å². The SMILES string of the molecule is [2H]C([2H])([2H])Oc1cc(C([2H])([2H])CCC([2H])([2H])C([2H])(O)COc2cccc(C)c2)ccc1OC. The van der Waals surface area contributed by atoms with Crippen LogP contribution in [0.25, 0.3) is 0 Å². The van der Waals surface area contributed by atoms with E-state index in [1.165, 1.54) is 25.3 Å². The highest BCUT2D eigenvalue weighted by Crippen LogP contribution is 2.28. The standard InChI is InChI=1S/C21H28O4/c1-16-7-6-10-19(13-16)25-15-18(22)9-5-4-8-17-11-12-20(23-2)21(14-17)24-3/h6-7,10-14,18,22H,4-5,8-9,15H2,1-3H3/i3D3,8D2,9D2,18D. The molecule has 0 radical (unpaired) electrons. The maximum Gasteiger partial charge on any atom is 0.160 e. The summed E-state index contributed by atoms with van der Waals surface area (Å²) in [5.41, 5.74) is 0.946. The summed E-state index contributed by atoms with van der Waals surface area (Å²) >= 11 is 0. The number of aliphatic hydroxyl groups is 1. The van der Waals surface area contributed by atoms with Crippen LogP contribution in [0.5, 0.6) is 17.2 Å². The smallest absolute Gasteiger partial charge is 0.160 e. The first-order valence-electron chi connectivity index (χ1n) is 11.9. The molecule has 0 spiro atoms. The van der Waals surface area contributed by atoms with Crippen molar-refractivity contribution in [2.75, 3.05) is 20.8 Å². The van der Waals surface area contributed by atoms with Gasteiger partial charge in [0.1, 0.15) is 12.4 Å². The van der Waals surface area contributed by atoms with Crippen molar-refractivity contribution in [2.24, 2.45) is 0 Å². The van der Waals surface area contributed by atoms with Gasteiger partial charge in [-0.2, -0.15) is 0 Å². The van der Waals surface area contributed by atoms with Crippen molar-refractivity contribution in [3.05, 3.63) is 53.6 Å². The van der Waals surface area contributed by atoms with Gasteiger partial charge in [-0.1, -0.05) is 24.6 Å². The zero-order valence-corrected chi connectivity index (χ0v) is 14.3. The van der Waals surface area contributed by atoms with Crippen molar-refractivity contribution in [3.63, 3.8) is 0 Å². The van der Waals surface area contributed by atoms with Crippen LogP contribution in [0.2, 0.25) is 0 Å². The second kappa shape index (κ2) is 9.94. The maximum absolute atomic E-state index is 10.4. The highest BCUT2D eigenvalue weighted by molar-refractivity contribution is 5.42. The van der Waals surface area contributed by atoms with Crippen molar-refractivity contribution >= 4 is 0 Å². The molecule has 2 aromatic rings. The Balaban J connectivity index is 2.12.